The Bertz CT molecular complexity index is 6880. The van der Waals surface area contributed by atoms with Crippen molar-refractivity contribution in [1.29, 1.82) is 0 Å². The average Bonchev–Trinajstić information content (AvgIpc) is 1.80. The van der Waals surface area contributed by atoms with Crippen LogP contribution in [0.2, 0.25) is 5.02 Å². The van der Waals surface area contributed by atoms with E-state index in [1.165, 1.54) is 48.5 Å². The predicted octanol–water partition coefficient (Wildman–Crippen LogP) is 26.7. The Labute approximate surface area is 867 Å². The Morgan fingerprint density at radius 2 is 0.544 bits per heavy atom. The van der Waals surface area contributed by atoms with E-state index in [4.69, 9.17) is 71.9 Å². The molecule has 149 heavy (non-hydrogen) atoms. The Hall–Kier alpha value is -17.6. The fourth-order valence-corrected chi connectivity index (χ4v) is 15.1. The molecule has 0 unspecified atom stereocenters. The van der Waals surface area contributed by atoms with Crippen molar-refractivity contribution in [2.75, 3.05) is 52.6 Å². The Morgan fingerprint density at radius 1 is 0.289 bits per heavy atom. The lowest BCUT2D eigenvalue weighted by molar-refractivity contribution is -0.138. The largest absolute Gasteiger partial charge is 0.493 e. The minimum atomic E-state index is -1.15. The standard InChI is InChI=1S/C35H32N2O7.C28H27ClN2O4.2C28H27FN2O4/c1-25-32(36-34(43-25)28-10-6-3-7-11-28)20-21-41-29-14-12-26(13-15-29)22-37(23-33(38)39)35(40)44-31-18-16-30(17-19-31)42-24-27-8-4-2-5-9-27;1-3-31(28(32)35-25-15-11-23(29)12-16-25)19-21-9-13-24(14-10-21)33-18-17-26-20(2)34-27(30-26)22-7-5-4-6-8-22;1-3-31(28(32)35-24-14-12-23(29)13-15-24)19-21-8-7-11-25(18-21)33-17-16-26-20(2)34-27(30-26)22-9-5-4-6-10-22;1-3-31(28(32)35-25-15-11-23(29)12-16-25)19-21-9-13-24(14-10-21)33-18-17-26-20(2)34-27(30-26)22-7-5-4-6-8-22/h2-19H,20-24H2,1H3,(H,38,39);4-16H,3,17-19H2,1-2H3;4-15,18H,3,16-17,19H2,1-2H3;4-16H,3,17-19H2,1-2H3. The second-order valence-corrected chi connectivity index (χ2v) is 34.3. The van der Waals surface area contributed by atoms with Crippen molar-refractivity contribution in [2.45, 2.75) is 107 Å². The number of carbonyl (C=O) groups excluding carboxylic acids is 4. The van der Waals surface area contributed by atoms with Crippen LogP contribution in [-0.4, -0.2) is 128 Å². The molecule has 0 spiro atoms. The van der Waals surface area contributed by atoms with Gasteiger partial charge in [0.2, 0.25) is 23.6 Å². The highest BCUT2D eigenvalue weighted by Crippen LogP contribution is 2.31. The fraction of sp³-hybridized carbons (Fsp3) is 0.202. The molecule has 0 atom stereocenters. The number of carboxylic acids is 1. The number of carboxylic acid groups (broad SMARTS) is 1. The molecule has 17 rings (SSSR count). The highest BCUT2D eigenvalue weighted by Gasteiger charge is 2.25. The van der Waals surface area contributed by atoms with Crippen LogP contribution >= 0.6 is 11.6 Å². The number of hydrogen-bond donors (Lipinski definition) is 1. The number of aromatic nitrogens is 4. The number of benzene rings is 13. The maximum absolute atomic E-state index is 13.1. The van der Waals surface area contributed by atoms with Crippen LogP contribution in [0.5, 0.6) is 51.7 Å². The molecule has 13 aromatic carbocycles. The molecule has 0 fully saturated rings. The number of hydrogen-bond acceptors (Lipinski definition) is 22. The molecular formula is C119H113ClF2N8O19. The molecular weight excluding hydrogens is 1920 g/mol. The van der Waals surface area contributed by atoms with Gasteiger partial charge >= 0.3 is 30.3 Å². The van der Waals surface area contributed by atoms with E-state index in [1.54, 1.807) is 87.5 Å². The summed E-state index contributed by atoms with van der Waals surface area (Å²) in [6, 6.07) is 103. The summed E-state index contributed by atoms with van der Waals surface area (Å²) in [5, 5.41) is 9.98. The van der Waals surface area contributed by atoms with Gasteiger partial charge in [-0.25, -0.2) is 47.9 Å². The smallest absolute Gasteiger partial charge is 0.416 e. The summed E-state index contributed by atoms with van der Waals surface area (Å²) in [6.45, 7) is 17.6. The monoisotopic (exact) mass is 2030 g/mol. The molecule has 4 heterocycles. The molecule has 0 radical (unpaired) electrons. The van der Waals surface area contributed by atoms with E-state index >= 15 is 0 Å². The Balaban J connectivity index is 0.000000157. The zero-order valence-electron chi connectivity index (χ0n) is 83.4. The van der Waals surface area contributed by atoms with Crippen molar-refractivity contribution >= 4 is 41.9 Å². The molecule has 27 nitrogen and oxygen atoms in total. The molecule has 0 aliphatic heterocycles. The zero-order valence-corrected chi connectivity index (χ0v) is 84.2. The number of halogens is 3. The first kappa shape index (κ1) is 107. The molecule has 17 aromatic rings. The number of aliphatic carboxylic acids is 1. The molecule has 0 aliphatic carbocycles. The molecule has 4 aromatic heterocycles. The average molecular weight is 2030 g/mol. The number of aryl methyl sites for hydroxylation is 4. The quantitative estimate of drug-likeness (QED) is 0.0373. The molecule has 0 bridgehead atoms. The molecule has 30 heteroatoms. The number of ether oxygens (including phenoxy) is 9. The number of rotatable bonds is 40. The second kappa shape index (κ2) is 54.9. The van der Waals surface area contributed by atoms with E-state index in [0.717, 1.165) is 112 Å². The minimum absolute atomic E-state index is 0.0457. The summed E-state index contributed by atoms with van der Waals surface area (Å²) in [5.74, 6) is 8.40. The highest BCUT2D eigenvalue weighted by atomic mass is 35.5. The van der Waals surface area contributed by atoms with Crippen molar-refractivity contribution < 1.29 is 98.2 Å². The van der Waals surface area contributed by atoms with E-state index in [9.17, 15) is 37.9 Å². The van der Waals surface area contributed by atoms with Gasteiger partial charge in [0.05, 0.1) is 49.2 Å². The minimum Gasteiger partial charge on any atom is -0.493 e. The van der Waals surface area contributed by atoms with Gasteiger partial charge in [0.1, 0.15) is 99.6 Å². The predicted molar refractivity (Wildman–Crippen MR) is 561 cm³/mol. The van der Waals surface area contributed by atoms with Gasteiger partial charge in [0.25, 0.3) is 0 Å². The van der Waals surface area contributed by atoms with Crippen molar-refractivity contribution in [3.8, 4) is 97.6 Å². The first-order valence-corrected chi connectivity index (χ1v) is 48.9. The topological polar surface area (TPSA) is 306 Å². The zero-order chi connectivity index (χ0) is 105. The third kappa shape index (κ3) is 33.5. The van der Waals surface area contributed by atoms with Crippen LogP contribution in [0.1, 0.15) is 94.4 Å². The molecule has 0 aliphatic rings. The SMILES string of the molecule is CCN(Cc1ccc(OCCc2nc(-c3ccccc3)oc2C)cc1)C(=O)Oc1ccc(Cl)cc1.CCN(Cc1ccc(OCCc2nc(-c3ccccc3)oc2C)cc1)C(=O)Oc1ccc(F)cc1.CCN(Cc1cccc(OCCc2nc(-c3ccccc3)oc2C)c1)C(=O)Oc1ccc(F)cc1.Cc1oc(-c2ccccc2)nc1CCOc1ccc(CN(CC(=O)O)C(=O)Oc2ccc(OCc3ccccc3)cc2)cc1. The van der Waals surface area contributed by atoms with E-state index in [1.807, 2.05) is 273 Å². The van der Waals surface area contributed by atoms with Crippen molar-refractivity contribution in [1.82, 2.24) is 39.5 Å². The summed E-state index contributed by atoms with van der Waals surface area (Å²) in [7, 11) is 0. The molecule has 764 valence electrons. The van der Waals surface area contributed by atoms with Crippen LogP contribution < -0.4 is 42.6 Å². The number of carbonyl (C=O) groups is 5. The van der Waals surface area contributed by atoms with Gasteiger partial charge in [-0.3, -0.25) is 9.69 Å². The molecule has 1 N–H and O–H groups in total. The highest BCUT2D eigenvalue weighted by molar-refractivity contribution is 6.30. The molecule has 0 saturated heterocycles. The third-order valence-corrected chi connectivity index (χ3v) is 23.3. The maximum Gasteiger partial charge on any atom is 0.416 e. The van der Waals surface area contributed by atoms with Gasteiger partial charge in [-0.05, 0) is 270 Å². The maximum atomic E-state index is 13.1. The van der Waals surface area contributed by atoms with Crippen LogP contribution in [0, 0.1) is 39.3 Å². The van der Waals surface area contributed by atoms with Gasteiger partial charge in [0.15, 0.2) is 0 Å². The van der Waals surface area contributed by atoms with Gasteiger partial charge in [-0.15, -0.1) is 0 Å². The Morgan fingerprint density at radius 3 is 0.859 bits per heavy atom. The van der Waals surface area contributed by atoms with Gasteiger partial charge in [-0.2, -0.15) is 0 Å². The summed E-state index contributed by atoms with van der Waals surface area (Å²) in [4.78, 5) is 86.2. The van der Waals surface area contributed by atoms with Gasteiger partial charge in [-0.1, -0.05) is 163 Å². The van der Waals surface area contributed by atoms with E-state index in [0.29, 0.717) is 161 Å². The lowest BCUT2D eigenvalue weighted by Crippen LogP contribution is -2.37. The summed E-state index contributed by atoms with van der Waals surface area (Å²) in [5.41, 5.74) is 11.8. The Kier molecular flexibility index (Phi) is 39.5. The van der Waals surface area contributed by atoms with Gasteiger partial charge in [0, 0.05) is 98.8 Å². The van der Waals surface area contributed by atoms with Crippen LogP contribution in [0.3, 0.4) is 0 Å². The van der Waals surface area contributed by atoms with Crippen LogP contribution in [0.15, 0.2) is 363 Å². The normalized spacial score (nSPS) is 10.7. The van der Waals surface area contributed by atoms with Crippen molar-refractivity contribution in [3.05, 3.63) is 436 Å². The van der Waals surface area contributed by atoms with Gasteiger partial charge < -0.3 is 80.1 Å². The van der Waals surface area contributed by atoms with Crippen LogP contribution in [0.4, 0.5) is 28.0 Å². The summed E-state index contributed by atoms with van der Waals surface area (Å²) < 4.78 is 100. The number of oxazole rings is 4. The van der Waals surface area contributed by atoms with Crippen molar-refractivity contribution in [3.63, 3.8) is 0 Å². The third-order valence-electron chi connectivity index (χ3n) is 23.1. The first-order chi connectivity index (χ1) is 72.5. The van der Waals surface area contributed by atoms with Crippen molar-refractivity contribution in [2.24, 2.45) is 0 Å². The molecule has 4 amide bonds. The van der Waals surface area contributed by atoms with E-state index in [2.05, 4.69) is 19.9 Å². The number of amides is 4. The summed E-state index contributed by atoms with van der Waals surface area (Å²) in [6.07, 6.45) is 0.280. The fourth-order valence-electron chi connectivity index (χ4n) is 15.0. The summed E-state index contributed by atoms with van der Waals surface area (Å²) >= 11 is 5.88. The second-order valence-electron chi connectivity index (χ2n) is 33.9. The lowest BCUT2D eigenvalue weighted by Gasteiger charge is -2.20. The van der Waals surface area contributed by atoms with E-state index < -0.39 is 36.9 Å². The first-order valence-electron chi connectivity index (χ1n) is 48.5. The number of nitrogens with zero attached hydrogens (tertiary/aromatic N) is 8. The van der Waals surface area contributed by atoms with Crippen LogP contribution in [-0.2, 0) is 63.3 Å². The molecule has 0 saturated carbocycles. The lowest BCUT2D eigenvalue weighted by atomic mass is 10.2. The van der Waals surface area contributed by atoms with E-state index in [-0.39, 0.29) is 23.9 Å². The van der Waals surface area contributed by atoms with Crippen LogP contribution in [0.25, 0.3) is 45.8 Å².